The molecule has 4 aromatic heterocycles. The van der Waals surface area contributed by atoms with Gasteiger partial charge in [-0.05, 0) is 55.2 Å². The summed E-state index contributed by atoms with van der Waals surface area (Å²) in [5.41, 5.74) is 6.88. The Morgan fingerprint density at radius 2 is 1.77 bits per heavy atom. The van der Waals surface area contributed by atoms with Crippen molar-refractivity contribution in [2.45, 2.75) is 53.0 Å². The Hall–Kier alpha value is -3.21. The first kappa shape index (κ1) is 18.8. The first-order valence-electron chi connectivity index (χ1n) is 10.7. The van der Waals surface area contributed by atoms with Crippen LogP contribution in [0.2, 0.25) is 0 Å². The van der Waals surface area contributed by atoms with Crippen molar-refractivity contribution in [1.82, 2.24) is 19.5 Å². The Morgan fingerprint density at radius 3 is 2.50 bits per heavy atom. The van der Waals surface area contributed by atoms with E-state index in [1.165, 1.54) is 0 Å². The third-order valence-corrected chi connectivity index (χ3v) is 5.75. The second-order valence-corrected chi connectivity index (χ2v) is 8.45. The molecule has 0 amide bonds. The number of furan rings is 1. The molecule has 0 radical (unpaired) electrons. The van der Waals surface area contributed by atoms with Gasteiger partial charge in [0.15, 0.2) is 0 Å². The average molecular weight is 399 g/mol. The first-order chi connectivity index (χ1) is 14.5. The lowest BCUT2D eigenvalue weighted by Crippen LogP contribution is -2.02. The highest BCUT2D eigenvalue weighted by Crippen LogP contribution is 2.34. The summed E-state index contributed by atoms with van der Waals surface area (Å²) in [6.07, 6.45) is 1.86. The zero-order valence-corrected chi connectivity index (χ0v) is 18.1. The second-order valence-electron chi connectivity index (χ2n) is 8.45. The Morgan fingerprint density at radius 1 is 0.933 bits per heavy atom. The molecule has 5 nitrogen and oxygen atoms in total. The normalized spacial score (nSPS) is 12.2. The Balaban J connectivity index is 1.74. The summed E-state index contributed by atoms with van der Waals surface area (Å²) in [5.74, 6) is 1.67. The van der Waals surface area contributed by atoms with Gasteiger partial charge in [-0.15, -0.1) is 0 Å². The third kappa shape index (κ3) is 2.80. The standard InChI is InChI=1S/C25H26N4O/c1-6-29-23-20(11-12-26-22(23)15(4)5)27-24(29)16-7-10-21-18(13-16)17-8-9-19(14(2)3)28-25(17)30-21/h7-15H,6H2,1-5H3. The monoisotopic (exact) mass is 398 g/mol. The lowest BCUT2D eigenvalue weighted by Gasteiger charge is -2.11. The largest absolute Gasteiger partial charge is 0.438 e. The minimum atomic E-state index is 0.338. The highest BCUT2D eigenvalue weighted by Gasteiger charge is 2.18. The van der Waals surface area contributed by atoms with Crippen molar-refractivity contribution in [3.63, 3.8) is 0 Å². The Labute approximate surface area is 175 Å². The number of hydrogen-bond acceptors (Lipinski definition) is 4. The van der Waals surface area contributed by atoms with Crippen molar-refractivity contribution >= 4 is 33.1 Å². The zero-order chi connectivity index (χ0) is 21.0. The number of hydrogen-bond donors (Lipinski definition) is 0. The van der Waals surface area contributed by atoms with E-state index in [2.05, 4.69) is 68.4 Å². The van der Waals surface area contributed by atoms with Gasteiger partial charge in [0, 0.05) is 34.8 Å². The van der Waals surface area contributed by atoms with E-state index in [9.17, 15) is 0 Å². The first-order valence-corrected chi connectivity index (χ1v) is 10.7. The van der Waals surface area contributed by atoms with Crippen molar-refractivity contribution in [3.05, 3.63) is 54.0 Å². The quantitative estimate of drug-likeness (QED) is 0.340. The number of aromatic nitrogens is 4. The van der Waals surface area contributed by atoms with Crippen LogP contribution in [0.15, 0.2) is 47.0 Å². The fraction of sp³-hybridized carbons (Fsp3) is 0.320. The molecule has 5 aromatic rings. The lowest BCUT2D eigenvalue weighted by molar-refractivity contribution is 0.647. The van der Waals surface area contributed by atoms with Gasteiger partial charge in [-0.1, -0.05) is 27.7 Å². The van der Waals surface area contributed by atoms with Crippen LogP contribution in [0, 0.1) is 0 Å². The maximum atomic E-state index is 6.05. The molecule has 0 atom stereocenters. The van der Waals surface area contributed by atoms with Gasteiger partial charge in [-0.2, -0.15) is 0 Å². The summed E-state index contributed by atoms with van der Waals surface area (Å²) in [7, 11) is 0. The lowest BCUT2D eigenvalue weighted by atomic mass is 10.1. The molecule has 5 rings (SSSR count). The van der Waals surface area contributed by atoms with Crippen LogP contribution >= 0.6 is 0 Å². The van der Waals surface area contributed by atoms with Crippen molar-refractivity contribution in [2.24, 2.45) is 0 Å². The van der Waals surface area contributed by atoms with E-state index in [0.29, 0.717) is 17.5 Å². The molecule has 0 aliphatic heterocycles. The van der Waals surface area contributed by atoms with Crippen LogP contribution in [-0.2, 0) is 6.54 Å². The molecule has 4 heterocycles. The van der Waals surface area contributed by atoms with Crippen molar-refractivity contribution < 1.29 is 4.42 Å². The molecule has 0 saturated heterocycles. The van der Waals surface area contributed by atoms with Crippen LogP contribution in [0.25, 0.3) is 44.5 Å². The second kappa shape index (κ2) is 6.94. The third-order valence-electron chi connectivity index (χ3n) is 5.75. The summed E-state index contributed by atoms with van der Waals surface area (Å²) in [6, 6.07) is 12.5. The van der Waals surface area contributed by atoms with Gasteiger partial charge in [0.2, 0.25) is 5.71 Å². The van der Waals surface area contributed by atoms with Gasteiger partial charge in [-0.25, -0.2) is 9.97 Å². The van der Waals surface area contributed by atoms with Crippen molar-refractivity contribution in [2.75, 3.05) is 0 Å². The smallest absolute Gasteiger partial charge is 0.227 e. The van der Waals surface area contributed by atoms with Crippen LogP contribution in [-0.4, -0.2) is 19.5 Å². The molecule has 0 saturated carbocycles. The molecule has 0 bridgehead atoms. The van der Waals surface area contributed by atoms with Gasteiger partial charge in [0.1, 0.15) is 11.4 Å². The molecule has 152 valence electrons. The average Bonchev–Trinajstić information content (AvgIpc) is 3.30. The highest BCUT2D eigenvalue weighted by molar-refractivity contribution is 6.05. The highest BCUT2D eigenvalue weighted by atomic mass is 16.3. The molecule has 30 heavy (non-hydrogen) atoms. The Bertz CT molecular complexity index is 1390. The summed E-state index contributed by atoms with van der Waals surface area (Å²) in [6.45, 7) is 11.6. The van der Waals surface area contributed by atoms with E-state index in [1.54, 1.807) is 0 Å². The molecule has 0 aliphatic carbocycles. The molecule has 0 aliphatic rings. The van der Waals surface area contributed by atoms with Crippen molar-refractivity contribution in [3.8, 4) is 11.4 Å². The SMILES string of the molecule is CCn1c(-c2ccc3oc4nc(C(C)C)ccc4c3c2)nc2ccnc(C(C)C)c21. The molecule has 0 spiro atoms. The van der Waals surface area contributed by atoms with E-state index in [4.69, 9.17) is 14.4 Å². The number of pyridine rings is 2. The van der Waals surface area contributed by atoms with Gasteiger partial charge < -0.3 is 8.98 Å². The van der Waals surface area contributed by atoms with E-state index in [-0.39, 0.29) is 0 Å². The predicted molar refractivity (Wildman–Crippen MR) is 122 cm³/mol. The van der Waals surface area contributed by atoms with Crippen LogP contribution in [0.3, 0.4) is 0 Å². The molecule has 0 N–H and O–H groups in total. The maximum absolute atomic E-state index is 6.05. The van der Waals surface area contributed by atoms with Crippen LogP contribution in [0.5, 0.6) is 0 Å². The number of fused-ring (bicyclic) bond motifs is 4. The summed E-state index contributed by atoms with van der Waals surface area (Å²) in [5, 5.41) is 2.11. The van der Waals surface area contributed by atoms with Crippen LogP contribution in [0.4, 0.5) is 0 Å². The minimum Gasteiger partial charge on any atom is -0.438 e. The van der Waals surface area contributed by atoms with Gasteiger partial charge in [-0.3, -0.25) is 4.98 Å². The van der Waals surface area contributed by atoms with Crippen LogP contribution < -0.4 is 0 Å². The molecule has 5 heteroatoms. The maximum Gasteiger partial charge on any atom is 0.227 e. The van der Waals surface area contributed by atoms with Crippen LogP contribution in [0.1, 0.15) is 57.8 Å². The van der Waals surface area contributed by atoms with E-state index in [0.717, 1.165) is 56.7 Å². The minimum absolute atomic E-state index is 0.338. The van der Waals surface area contributed by atoms with Gasteiger partial charge in [0.05, 0.1) is 16.7 Å². The predicted octanol–water partition coefficient (Wildman–Crippen LogP) is 6.66. The number of nitrogens with zero attached hydrogens (tertiary/aromatic N) is 4. The molecular weight excluding hydrogens is 372 g/mol. The number of imidazole rings is 1. The number of benzene rings is 1. The summed E-state index contributed by atoms with van der Waals surface area (Å²) in [4.78, 5) is 14.3. The number of aryl methyl sites for hydroxylation is 1. The fourth-order valence-corrected chi connectivity index (χ4v) is 4.19. The molecule has 0 unspecified atom stereocenters. The van der Waals surface area contributed by atoms with Gasteiger partial charge in [0.25, 0.3) is 0 Å². The van der Waals surface area contributed by atoms with Gasteiger partial charge >= 0.3 is 0 Å². The van der Waals surface area contributed by atoms with E-state index < -0.39 is 0 Å². The molecular formula is C25H26N4O. The molecule has 1 aromatic carbocycles. The van der Waals surface area contributed by atoms with E-state index >= 15 is 0 Å². The topological polar surface area (TPSA) is 56.7 Å². The van der Waals surface area contributed by atoms with E-state index in [1.807, 2.05) is 18.3 Å². The van der Waals surface area contributed by atoms with Crippen molar-refractivity contribution in [1.29, 1.82) is 0 Å². The fourth-order valence-electron chi connectivity index (χ4n) is 4.19. The number of rotatable bonds is 4. The summed E-state index contributed by atoms with van der Waals surface area (Å²) >= 11 is 0. The molecule has 0 fully saturated rings. The summed E-state index contributed by atoms with van der Waals surface area (Å²) < 4.78 is 8.33. The zero-order valence-electron chi connectivity index (χ0n) is 18.1. The Kier molecular flexibility index (Phi) is 4.35.